The third kappa shape index (κ3) is 6.63. The Balaban J connectivity index is 1.34. The van der Waals surface area contributed by atoms with Crippen LogP contribution in [0.3, 0.4) is 0 Å². The molecule has 1 fully saturated rings. The molecule has 2 aliphatic rings. The number of thioether (sulfide) groups is 1. The summed E-state index contributed by atoms with van der Waals surface area (Å²) in [7, 11) is 0. The summed E-state index contributed by atoms with van der Waals surface area (Å²) in [6.45, 7) is 8.18. The van der Waals surface area contributed by atoms with Crippen LogP contribution in [0.1, 0.15) is 68.5 Å². The predicted molar refractivity (Wildman–Crippen MR) is 139 cm³/mol. The second-order valence-corrected chi connectivity index (χ2v) is 12.6. The molecule has 1 aliphatic heterocycles. The van der Waals surface area contributed by atoms with Crippen LogP contribution in [0.15, 0.2) is 35.2 Å². The molecule has 0 bridgehead atoms. The second kappa shape index (κ2) is 11.3. The molecular weight excluding hydrogens is 489 g/mol. The molecule has 1 saturated carbocycles. The van der Waals surface area contributed by atoms with Crippen LogP contribution in [0, 0.1) is 17.8 Å². The summed E-state index contributed by atoms with van der Waals surface area (Å²) in [5.74, 6) is 0.602. The van der Waals surface area contributed by atoms with Crippen molar-refractivity contribution in [1.29, 1.82) is 0 Å². The summed E-state index contributed by atoms with van der Waals surface area (Å²) >= 11 is 3.44. The highest BCUT2D eigenvalue weighted by Crippen LogP contribution is 2.47. The van der Waals surface area contributed by atoms with E-state index in [-0.39, 0.29) is 24.8 Å². The normalized spacial score (nSPS) is 23.0. The fraction of sp³-hybridized carbons (Fsp3) is 0.593. The summed E-state index contributed by atoms with van der Waals surface area (Å²) in [6.07, 6.45) is -1.89. The van der Waals surface area contributed by atoms with E-state index in [0.29, 0.717) is 31.1 Å². The Kier molecular flexibility index (Phi) is 8.54. The van der Waals surface area contributed by atoms with Gasteiger partial charge in [-0.25, -0.2) is 0 Å². The lowest BCUT2D eigenvalue weighted by atomic mass is 9.81. The van der Waals surface area contributed by atoms with Crippen LogP contribution >= 0.6 is 23.1 Å². The number of hydrogen-bond acceptors (Lipinski definition) is 4. The number of anilines is 1. The number of thiophene rings is 1. The molecule has 1 atom stereocenters. The smallest absolute Gasteiger partial charge is 0.317 e. The molecule has 1 aliphatic carbocycles. The van der Waals surface area contributed by atoms with E-state index in [9.17, 15) is 18.0 Å². The van der Waals surface area contributed by atoms with E-state index >= 15 is 0 Å². The van der Waals surface area contributed by atoms with Crippen LogP contribution in [0.25, 0.3) is 0 Å². The lowest BCUT2D eigenvalue weighted by molar-refractivity contribution is -0.184. The van der Waals surface area contributed by atoms with E-state index in [1.54, 1.807) is 23.1 Å². The number of halogens is 3. The van der Waals surface area contributed by atoms with Gasteiger partial charge in [-0.3, -0.25) is 9.69 Å². The van der Waals surface area contributed by atoms with Gasteiger partial charge in [-0.2, -0.15) is 13.2 Å². The first-order valence-corrected chi connectivity index (χ1v) is 14.4. The van der Waals surface area contributed by atoms with Crippen LogP contribution in [-0.4, -0.2) is 29.3 Å². The van der Waals surface area contributed by atoms with Gasteiger partial charge in [-0.1, -0.05) is 32.9 Å². The fourth-order valence-corrected chi connectivity index (χ4v) is 7.57. The summed E-state index contributed by atoms with van der Waals surface area (Å²) in [6, 6.07) is 10.5. The fourth-order valence-electron chi connectivity index (χ4n) is 5.50. The first kappa shape index (κ1) is 26.6. The standard InChI is InChI=1S/C27H35F3N2OS2/c1-4-34-22-11-7-18(8-12-22)13-23(33)31-24-14-20-16-32(25(17(2)3)26(20)35-24)15-19-5-9-21(10-6-19)27(28,29)30/h7-8,11-12,14,17,19,21,25H,4-6,9-10,13,15-16H2,1-3H3,(H,31,33). The van der Waals surface area contributed by atoms with Gasteiger partial charge >= 0.3 is 6.18 Å². The Labute approximate surface area is 214 Å². The van der Waals surface area contributed by atoms with Gasteiger partial charge in [0.2, 0.25) is 5.91 Å². The lowest BCUT2D eigenvalue weighted by Crippen LogP contribution is -2.35. The van der Waals surface area contributed by atoms with Crippen LogP contribution in [0.2, 0.25) is 0 Å². The van der Waals surface area contributed by atoms with Crippen LogP contribution in [0.4, 0.5) is 18.2 Å². The van der Waals surface area contributed by atoms with Crippen LogP contribution in [-0.2, 0) is 17.8 Å². The predicted octanol–water partition coefficient (Wildman–Crippen LogP) is 7.92. The maximum absolute atomic E-state index is 13.0. The van der Waals surface area contributed by atoms with Crippen molar-refractivity contribution in [2.45, 2.75) is 76.5 Å². The van der Waals surface area contributed by atoms with Gasteiger partial charge in [0, 0.05) is 28.9 Å². The van der Waals surface area contributed by atoms with Gasteiger partial charge < -0.3 is 5.32 Å². The Morgan fingerprint density at radius 2 is 1.86 bits per heavy atom. The summed E-state index contributed by atoms with van der Waals surface area (Å²) in [5, 5.41) is 3.97. The molecule has 192 valence electrons. The monoisotopic (exact) mass is 524 g/mol. The van der Waals surface area contributed by atoms with Gasteiger partial charge in [0.05, 0.1) is 17.3 Å². The number of nitrogens with zero attached hydrogens (tertiary/aromatic N) is 1. The van der Waals surface area contributed by atoms with Gasteiger partial charge in [0.1, 0.15) is 0 Å². The van der Waals surface area contributed by atoms with Crippen LogP contribution < -0.4 is 5.32 Å². The minimum atomic E-state index is -4.05. The summed E-state index contributed by atoms with van der Waals surface area (Å²) < 4.78 is 39.1. The Morgan fingerprint density at radius 3 is 2.46 bits per heavy atom. The minimum Gasteiger partial charge on any atom is -0.317 e. The van der Waals surface area contributed by atoms with E-state index in [1.807, 2.05) is 12.1 Å². The zero-order valence-corrected chi connectivity index (χ0v) is 22.3. The molecule has 1 aromatic heterocycles. The van der Waals surface area contributed by atoms with Crippen molar-refractivity contribution in [3.05, 3.63) is 46.3 Å². The molecule has 2 heterocycles. The topological polar surface area (TPSA) is 32.3 Å². The van der Waals surface area contributed by atoms with Gasteiger partial charge in [0.15, 0.2) is 0 Å². The minimum absolute atomic E-state index is 0.0137. The molecule has 3 nitrogen and oxygen atoms in total. The molecule has 1 unspecified atom stereocenters. The molecular formula is C27H35F3N2OS2. The number of fused-ring (bicyclic) bond motifs is 1. The number of nitrogens with one attached hydrogen (secondary N) is 1. The number of rotatable bonds is 8. The second-order valence-electron chi connectivity index (χ2n) is 10.2. The quantitative estimate of drug-likeness (QED) is 0.356. The summed E-state index contributed by atoms with van der Waals surface area (Å²) in [5.41, 5.74) is 2.24. The highest BCUT2D eigenvalue weighted by atomic mass is 32.2. The average molecular weight is 525 g/mol. The largest absolute Gasteiger partial charge is 0.391 e. The van der Waals surface area contributed by atoms with E-state index in [0.717, 1.165) is 29.4 Å². The molecule has 1 aromatic carbocycles. The molecule has 0 radical (unpaired) electrons. The van der Waals surface area contributed by atoms with Crippen molar-refractivity contribution >= 4 is 34.0 Å². The number of hydrogen-bond donors (Lipinski definition) is 1. The number of alkyl halides is 3. The van der Waals surface area contributed by atoms with Crippen molar-refractivity contribution in [2.75, 3.05) is 17.6 Å². The third-order valence-electron chi connectivity index (χ3n) is 7.17. The molecule has 8 heteroatoms. The van der Waals surface area contributed by atoms with Crippen molar-refractivity contribution < 1.29 is 18.0 Å². The van der Waals surface area contributed by atoms with E-state index in [1.165, 1.54) is 15.3 Å². The van der Waals surface area contributed by atoms with E-state index < -0.39 is 12.1 Å². The van der Waals surface area contributed by atoms with Crippen molar-refractivity contribution in [3.8, 4) is 0 Å². The maximum Gasteiger partial charge on any atom is 0.391 e. The van der Waals surface area contributed by atoms with Gasteiger partial charge in [-0.05, 0) is 72.6 Å². The summed E-state index contributed by atoms with van der Waals surface area (Å²) in [4.78, 5) is 17.6. The van der Waals surface area contributed by atoms with Crippen molar-refractivity contribution in [1.82, 2.24) is 4.90 Å². The zero-order chi connectivity index (χ0) is 25.2. The molecule has 1 N–H and O–H groups in total. The van der Waals surface area contributed by atoms with Crippen molar-refractivity contribution in [2.24, 2.45) is 17.8 Å². The number of carbonyl (C=O) groups is 1. The first-order valence-electron chi connectivity index (χ1n) is 12.6. The molecule has 1 amide bonds. The maximum atomic E-state index is 13.0. The number of amides is 1. The van der Waals surface area contributed by atoms with Crippen molar-refractivity contribution in [3.63, 3.8) is 0 Å². The van der Waals surface area contributed by atoms with E-state index in [2.05, 4.69) is 49.2 Å². The molecule has 35 heavy (non-hydrogen) atoms. The molecule has 4 rings (SSSR count). The number of carbonyl (C=O) groups excluding carboxylic acids is 1. The molecule has 0 spiro atoms. The molecule has 0 saturated heterocycles. The Morgan fingerprint density at radius 1 is 1.17 bits per heavy atom. The number of benzene rings is 1. The highest BCUT2D eigenvalue weighted by molar-refractivity contribution is 7.99. The van der Waals surface area contributed by atoms with E-state index in [4.69, 9.17) is 0 Å². The zero-order valence-electron chi connectivity index (χ0n) is 20.7. The third-order valence-corrected chi connectivity index (χ3v) is 9.23. The lowest BCUT2D eigenvalue weighted by Gasteiger charge is -2.35. The Hall–Kier alpha value is -1.51. The first-order chi connectivity index (χ1) is 16.6. The average Bonchev–Trinajstić information content (AvgIpc) is 3.31. The highest BCUT2D eigenvalue weighted by Gasteiger charge is 2.42. The SMILES string of the molecule is CCSc1ccc(CC(=O)Nc2cc3c(s2)C(C(C)C)N(CC2CCC(C(F)(F)F)CC2)C3)cc1. The Bertz CT molecular complexity index is 995. The van der Waals surface area contributed by atoms with Gasteiger partial charge in [0.25, 0.3) is 0 Å². The van der Waals surface area contributed by atoms with Gasteiger partial charge in [-0.15, -0.1) is 23.1 Å². The molecule has 2 aromatic rings. The van der Waals surface area contributed by atoms with Crippen LogP contribution in [0.5, 0.6) is 0 Å².